The summed E-state index contributed by atoms with van der Waals surface area (Å²) in [5, 5.41) is 3.72. The van der Waals surface area contributed by atoms with Gasteiger partial charge in [0.2, 0.25) is 0 Å². The Morgan fingerprint density at radius 3 is 2.52 bits per heavy atom. The molecule has 1 heterocycles. The molecule has 0 aromatic heterocycles. The van der Waals surface area contributed by atoms with E-state index in [0.29, 0.717) is 36.0 Å². The zero-order valence-corrected chi connectivity index (χ0v) is 14.7. The fourth-order valence-electron chi connectivity index (χ4n) is 3.02. The van der Waals surface area contributed by atoms with Crippen molar-refractivity contribution in [3.8, 4) is 0 Å². The second kappa shape index (κ2) is 8.34. The van der Waals surface area contributed by atoms with E-state index in [4.69, 9.17) is 22.1 Å². The highest BCUT2D eigenvalue weighted by atomic mass is 35.5. The Hall–Kier alpha value is -2.08. The lowest BCUT2D eigenvalue weighted by molar-refractivity contribution is 0.0162. The second-order valence-electron chi connectivity index (χ2n) is 6.01. The minimum atomic E-state index is -0.162. The van der Waals surface area contributed by atoms with E-state index in [0.717, 1.165) is 18.7 Å². The van der Waals surface area contributed by atoms with Gasteiger partial charge in [-0.15, -0.1) is 0 Å². The number of carbonyl (C=O) groups excluding carboxylic acids is 1. The summed E-state index contributed by atoms with van der Waals surface area (Å²) in [5.74, 6) is -0.162. The summed E-state index contributed by atoms with van der Waals surface area (Å²) in [5.41, 5.74) is 7.99. The maximum atomic E-state index is 12.5. The molecule has 1 atom stereocenters. The van der Waals surface area contributed by atoms with E-state index < -0.39 is 0 Å². The van der Waals surface area contributed by atoms with Crippen LogP contribution in [-0.4, -0.2) is 43.7 Å². The zero-order valence-electron chi connectivity index (χ0n) is 14.0. The van der Waals surface area contributed by atoms with Crippen molar-refractivity contribution >= 4 is 23.2 Å². The number of para-hydroxylation sites is 1. The fourth-order valence-corrected chi connectivity index (χ4v) is 3.15. The number of amides is 1. The number of nitrogen functional groups attached to an aromatic ring is 1. The molecule has 2 aromatic rings. The number of halogens is 1. The van der Waals surface area contributed by atoms with Gasteiger partial charge >= 0.3 is 0 Å². The molecule has 0 aliphatic carbocycles. The van der Waals surface area contributed by atoms with Crippen LogP contribution in [0.5, 0.6) is 0 Å². The largest absolute Gasteiger partial charge is 0.398 e. The molecule has 1 unspecified atom stereocenters. The lowest BCUT2D eigenvalue weighted by atomic mass is 10.0. The van der Waals surface area contributed by atoms with Gasteiger partial charge in [0, 0.05) is 30.3 Å². The molecule has 0 bridgehead atoms. The van der Waals surface area contributed by atoms with E-state index in [9.17, 15) is 4.79 Å². The number of hydrogen-bond acceptors (Lipinski definition) is 4. The van der Waals surface area contributed by atoms with Crippen LogP contribution < -0.4 is 11.1 Å². The lowest BCUT2D eigenvalue weighted by Gasteiger charge is -2.35. The number of nitrogens with zero attached hydrogens (tertiary/aromatic N) is 1. The zero-order chi connectivity index (χ0) is 17.6. The second-order valence-corrected chi connectivity index (χ2v) is 6.45. The van der Waals surface area contributed by atoms with Gasteiger partial charge in [-0.3, -0.25) is 9.69 Å². The smallest absolute Gasteiger partial charge is 0.253 e. The predicted octanol–water partition coefficient (Wildman–Crippen LogP) is 2.73. The normalized spacial score (nSPS) is 16.4. The molecule has 0 radical (unpaired) electrons. The SMILES string of the molecule is Nc1ccccc1C(=O)NCC(c1ccc(Cl)cc1)N1CCOCC1. The molecule has 1 amide bonds. The van der Waals surface area contributed by atoms with Crippen molar-refractivity contribution in [3.05, 3.63) is 64.7 Å². The van der Waals surface area contributed by atoms with Crippen molar-refractivity contribution in [1.29, 1.82) is 0 Å². The molecule has 1 aliphatic heterocycles. The molecular formula is C19H22ClN3O2. The molecule has 25 heavy (non-hydrogen) atoms. The Bertz CT molecular complexity index is 715. The Morgan fingerprint density at radius 1 is 1.16 bits per heavy atom. The average Bonchev–Trinajstić information content (AvgIpc) is 2.64. The number of nitrogens with two attached hydrogens (primary N) is 1. The fraction of sp³-hybridized carbons (Fsp3) is 0.316. The van der Waals surface area contributed by atoms with Gasteiger partial charge in [-0.2, -0.15) is 0 Å². The van der Waals surface area contributed by atoms with Crippen LogP contribution in [0.25, 0.3) is 0 Å². The van der Waals surface area contributed by atoms with Crippen LogP contribution in [0.15, 0.2) is 48.5 Å². The molecule has 0 saturated carbocycles. The summed E-state index contributed by atoms with van der Waals surface area (Å²) in [6.45, 7) is 3.55. The maximum Gasteiger partial charge on any atom is 0.253 e. The van der Waals surface area contributed by atoms with Crippen LogP contribution in [-0.2, 0) is 4.74 Å². The van der Waals surface area contributed by atoms with Crippen molar-refractivity contribution in [2.45, 2.75) is 6.04 Å². The van der Waals surface area contributed by atoms with Gasteiger partial charge in [-0.1, -0.05) is 35.9 Å². The summed E-state index contributed by atoms with van der Waals surface area (Å²) in [6, 6.07) is 14.9. The first kappa shape index (κ1) is 17.7. The summed E-state index contributed by atoms with van der Waals surface area (Å²) >= 11 is 6.01. The minimum Gasteiger partial charge on any atom is -0.398 e. The molecule has 6 heteroatoms. The Labute approximate surface area is 152 Å². The van der Waals surface area contributed by atoms with Crippen molar-refractivity contribution in [3.63, 3.8) is 0 Å². The number of hydrogen-bond donors (Lipinski definition) is 2. The van der Waals surface area contributed by atoms with Crippen LogP contribution in [0.4, 0.5) is 5.69 Å². The third-order valence-electron chi connectivity index (χ3n) is 4.40. The van der Waals surface area contributed by atoms with E-state index in [1.807, 2.05) is 36.4 Å². The Balaban J connectivity index is 1.74. The van der Waals surface area contributed by atoms with Crippen LogP contribution in [0.2, 0.25) is 5.02 Å². The molecule has 2 aromatic carbocycles. The molecule has 1 fully saturated rings. The first-order chi connectivity index (χ1) is 12.1. The van der Waals surface area contributed by atoms with E-state index in [-0.39, 0.29) is 11.9 Å². The summed E-state index contributed by atoms with van der Waals surface area (Å²) in [7, 11) is 0. The monoisotopic (exact) mass is 359 g/mol. The molecule has 0 spiro atoms. The molecule has 5 nitrogen and oxygen atoms in total. The number of carbonyl (C=O) groups is 1. The quantitative estimate of drug-likeness (QED) is 0.805. The van der Waals surface area contributed by atoms with Gasteiger partial charge in [0.05, 0.1) is 24.8 Å². The van der Waals surface area contributed by atoms with Gasteiger partial charge < -0.3 is 15.8 Å². The van der Waals surface area contributed by atoms with Gasteiger partial charge in [0.25, 0.3) is 5.91 Å². The third kappa shape index (κ3) is 4.51. The van der Waals surface area contributed by atoms with Gasteiger partial charge in [-0.25, -0.2) is 0 Å². The van der Waals surface area contributed by atoms with E-state index in [1.54, 1.807) is 12.1 Å². The van der Waals surface area contributed by atoms with Crippen LogP contribution >= 0.6 is 11.6 Å². The van der Waals surface area contributed by atoms with Crippen molar-refractivity contribution in [2.75, 3.05) is 38.6 Å². The minimum absolute atomic E-state index is 0.0649. The van der Waals surface area contributed by atoms with Crippen LogP contribution in [0, 0.1) is 0 Å². The lowest BCUT2D eigenvalue weighted by Crippen LogP contribution is -2.43. The van der Waals surface area contributed by atoms with Gasteiger partial charge in [0.15, 0.2) is 0 Å². The van der Waals surface area contributed by atoms with Crippen molar-refractivity contribution < 1.29 is 9.53 Å². The standard InChI is InChI=1S/C19H22ClN3O2/c20-15-7-5-14(6-8-15)18(23-9-11-25-12-10-23)13-22-19(24)16-3-1-2-4-17(16)21/h1-8,18H,9-13,21H2,(H,22,24). The molecule has 1 aliphatic rings. The summed E-state index contributed by atoms with van der Waals surface area (Å²) < 4.78 is 5.45. The molecule has 132 valence electrons. The van der Waals surface area contributed by atoms with E-state index >= 15 is 0 Å². The Morgan fingerprint density at radius 2 is 1.84 bits per heavy atom. The number of morpholine rings is 1. The summed E-state index contributed by atoms with van der Waals surface area (Å²) in [6.07, 6.45) is 0. The van der Waals surface area contributed by atoms with Crippen LogP contribution in [0.1, 0.15) is 22.0 Å². The first-order valence-electron chi connectivity index (χ1n) is 8.35. The molecular weight excluding hydrogens is 338 g/mol. The average molecular weight is 360 g/mol. The highest BCUT2D eigenvalue weighted by Gasteiger charge is 2.23. The number of anilines is 1. The number of rotatable bonds is 5. The molecule has 3 rings (SSSR count). The number of benzene rings is 2. The van der Waals surface area contributed by atoms with Crippen molar-refractivity contribution in [2.24, 2.45) is 0 Å². The molecule has 3 N–H and O–H groups in total. The first-order valence-corrected chi connectivity index (χ1v) is 8.73. The predicted molar refractivity (Wildman–Crippen MR) is 99.8 cm³/mol. The van der Waals surface area contributed by atoms with Crippen molar-refractivity contribution in [1.82, 2.24) is 10.2 Å². The topological polar surface area (TPSA) is 67.6 Å². The van der Waals surface area contributed by atoms with Gasteiger partial charge in [-0.05, 0) is 29.8 Å². The Kier molecular flexibility index (Phi) is 5.91. The number of nitrogens with one attached hydrogen (secondary N) is 1. The number of ether oxygens (including phenoxy) is 1. The van der Waals surface area contributed by atoms with Crippen LogP contribution in [0.3, 0.4) is 0 Å². The maximum absolute atomic E-state index is 12.5. The van der Waals surface area contributed by atoms with E-state index in [1.165, 1.54) is 0 Å². The van der Waals surface area contributed by atoms with E-state index in [2.05, 4.69) is 10.2 Å². The summed E-state index contributed by atoms with van der Waals surface area (Å²) in [4.78, 5) is 14.8. The highest BCUT2D eigenvalue weighted by Crippen LogP contribution is 2.23. The highest BCUT2D eigenvalue weighted by molar-refractivity contribution is 6.30. The molecule has 1 saturated heterocycles. The van der Waals surface area contributed by atoms with Gasteiger partial charge in [0.1, 0.15) is 0 Å². The third-order valence-corrected chi connectivity index (χ3v) is 4.65.